The molecule has 0 amide bonds. The Morgan fingerprint density at radius 1 is 1.43 bits per heavy atom. The fourth-order valence-corrected chi connectivity index (χ4v) is 2.12. The standard InChI is InChI=1S/C10H19F2NO/c1-13-6-5-8-3-2-4-9(7-8)14-10(11)12/h8-10,13H,2-7H2,1H3. The summed E-state index contributed by atoms with van der Waals surface area (Å²) in [5, 5.41) is 3.08. The molecule has 2 unspecified atom stereocenters. The van der Waals surface area contributed by atoms with Crippen molar-refractivity contribution in [3.63, 3.8) is 0 Å². The van der Waals surface area contributed by atoms with Crippen LogP contribution in [-0.4, -0.2) is 26.3 Å². The van der Waals surface area contributed by atoms with E-state index in [0.717, 1.165) is 38.6 Å². The minimum atomic E-state index is -2.61. The van der Waals surface area contributed by atoms with Crippen molar-refractivity contribution in [3.8, 4) is 0 Å². The summed E-state index contributed by atoms with van der Waals surface area (Å²) < 4.78 is 28.5. The maximum atomic E-state index is 12.0. The number of hydrogen-bond acceptors (Lipinski definition) is 2. The molecule has 0 saturated heterocycles. The average Bonchev–Trinajstić information content (AvgIpc) is 2.14. The molecule has 1 saturated carbocycles. The number of rotatable bonds is 5. The van der Waals surface area contributed by atoms with Crippen molar-refractivity contribution in [1.82, 2.24) is 5.32 Å². The van der Waals surface area contributed by atoms with Crippen LogP contribution in [0.1, 0.15) is 32.1 Å². The molecule has 0 aromatic heterocycles. The zero-order valence-electron chi connectivity index (χ0n) is 8.64. The van der Waals surface area contributed by atoms with E-state index in [1.165, 1.54) is 0 Å². The van der Waals surface area contributed by atoms with Gasteiger partial charge >= 0.3 is 6.61 Å². The van der Waals surface area contributed by atoms with Crippen LogP contribution in [0.2, 0.25) is 0 Å². The van der Waals surface area contributed by atoms with Gasteiger partial charge in [0.25, 0.3) is 0 Å². The molecule has 0 heterocycles. The minimum Gasteiger partial charge on any atom is -0.320 e. The van der Waals surface area contributed by atoms with Gasteiger partial charge in [-0.05, 0) is 38.8 Å². The third-order valence-electron chi connectivity index (χ3n) is 2.83. The molecular formula is C10H19F2NO. The van der Waals surface area contributed by atoms with Crippen LogP contribution in [0, 0.1) is 5.92 Å². The average molecular weight is 207 g/mol. The maximum absolute atomic E-state index is 12.0. The highest BCUT2D eigenvalue weighted by molar-refractivity contribution is 4.73. The van der Waals surface area contributed by atoms with Gasteiger partial charge in [-0.15, -0.1) is 0 Å². The maximum Gasteiger partial charge on any atom is 0.345 e. The van der Waals surface area contributed by atoms with E-state index >= 15 is 0 Å². The number of halogens is 2. The predicted octanol–water partition coefficient (Wildman–Crippen LogP) is 2.39. The summed E-state index contributed by atoms with van der Waals surface area (Å²) in [7, 11) is 1.91. The van der Waals surface area contributed by atoms with Crippen LogP contribution in [0.4, 0.5) is 8.78 Å². The third kappa shape index (κ3) is 4.33. The number of alkyl halides is 2. The molecule has 0 aromatic carbocycles. The summed E-state index contributed by atoms with van der Waals surface area (Å²) in [6.45, 7) is -1.64. The Labute approximate surface area is 84.0 Å². The molecule has 1 rings (SSSR count). The van der Waals surface area contributed by atoms with Crippen molar-refractivity contribution < 1.29 is 13.5 Å². The molecule has 2 atom stereocenters. The van der Waals surface area contributed by atoms with Crippen molar-refractivity contribution >= 4 is 0 Å². The van der Waals surface area contributed by atoms with Gasteiger partial charge in [0.2, 0.25) is 0 Å². The smallest absolute Gasteiger partial charge is 0.320 e. The first-order valence-electron chi connectivity index (χ1n) is 5.30. The molecule has 0 radical (unpaired) electrons. The fraction of sp³-hybridized carbons (Fsp3) is 1.00. The van der Waals surface area contributed by atoms with E-state index in [4.69, 9.17) is 0 Å². The molecule has 2 nitrogen and oxygen atoms in total. The van der Waals surface area contributed by atoms with Gasteiger partial charge in [-0.25, -0.2) is 0 Å². The van der Waals surface area contributed by atoms with E-state index in [2.05, 4.69) is 10.1 Å². The number of ether oxygens (including phenoxy) is 1. The van der Waals surface area contributed by atoms with Crippen LogP contribution in [0.25, 0.3) is 0 Å². The Kier molecular flexibility index (Phi) is 5.33. The highest BCUT2D eigenvalue weighted by atomic mass is 19.3. The lowest BCUT2D eigenvalue weighted by Crippen LogP contribution is -2.26. The van der Waals surface area contributed by atoms with Crippen molar-refractivity contribution in [2.24, 2.45) is 5.92 Å². The third-order valence-corrected chi connectivity index (χ3v) is 2.83. The Morgan fingerprint density at radius 2 is 2.21 bits per heavy atom. The molecule has 0 aromatic rings. The van der Waals surface area contributed by atoms with Crippen LogP contribution >= 0.6 is 0 Å². The molecule has 0 spiro atoms. The summed E-state index contributed by atoms with van der Waals surface area (Å²) in [5.74, 6) is 0.556. The monoisotopic (exact) mass is 207 g/mol. The molecule has 84 valence electrons. The molecule has 1 N–H and O–H groups in total. The van der Waals surface area contributed by atoms with Crippen LogP contribution in [0.3, 0.4) is 0 Å². The SMILES string of the molecule is CNCCC1CCCC(OC(F)F)C1. The fourth-order valence-electron chi connectivity index (χ4n) is 2.12. The Balaban J connectivity index is 2.21. The summed E-state index contributed by atoms with van der Waals surface area (Å²) in [4.78, 5) is 0. The molecule has 1 aliphatic rings. The van der Waals surface area contributed by atoms with Crippen LogP contribution in [-0.2, 0) is 4.74 Å². The lowest BCUT2D eigenvalue weighted by molar-refractivity contribution is -0.173. The summed E-state index contributed by atoms with van der Waals surface area (Å²) in [6.07, 6.45) is 4.62. The molecule has 1 aliphatic carbocycles. The van der Waals surface area contributed by atoms with Crippen molar-refractivity contribution in [1.29, 1.82) is 0 Å². The zero-order chi connectivity index (χ0) is 10.4. The van der Waals surface area contributed by atoms with Crippen LogP contribution in [0.5, 0.6) is 0 Å². The second kappa shape index (κ2) is 6.30. The molecule has 4 heteroatoms. The van der Waals surface area contributed by atoms with Gasteiger partial charge in [0, 0.05) is 0 Å². The van der Waals surface area contributed by atoms with E-state index in [0.29, 0.717) is 5.92 Å². The first-order valence-corrected chi connectivity index (χ1v) is 5.30. The Morgan fingerprint density at radius 3 is 2.86 bits per heavy atom. The van der Waals surface area contributed by atoms with Gasteiger partial charge in [0.1, 0.15) is 0 Å². The minimum absolute atomic E-state index is 0.217. The highest BCUT2D eigenvalue weighted by Gasteiger charge is 2.24. The summed E-state index contributed by atoms with van der Waals surface area (Å²) >= 11 is 0. The molecule has 0 aliphatic heterocycles. The van der Waals surface area contributed by atoms with E-state index in [-0.39, 0.29) is 6.10 Å². The molecule has 1 fully saturated rings. The molecular weight excluding hydrogens is 188 g/mol. The summed E-state index contributed by atoms with van der Waals surface area (Å²) in [5.41, 5.74) is 0. The molecule has 0 bridgehead atoms. The van der Waals surface area contributed by atoms with E-state index in [1.54, 1.807) is 0 Å². The van der Waals surface area contributed by atoms with E-state index in [9.17, 15) is 8.78 Å². The quantitative estimate of drug-likeness (QED) is 0.747. The topological polar surface area (TPSA) is 21.3 Å². The summed E-state index contributed by atoms with van der Waals surface area (Å²) in [6, 6.07) is 0. The normalized spacial score (nSPS) is 28.3. The lowest BCUT2D eigenvalue weighted by atomic mass is 9.85. The Bertz CT molecular complexity index is 155. The second-order valence-corrected chi connectivity index (χ2v) is 3.94. The second-order valence-electron chi connectivity index (χ2n) is 3.94. The van der Waals surface area contributed by atoms with Gasteiger partial charge in [0.05, 0.1) is 6.10 Å². The first kappa shape index (κ1) is 11.9. The van der Waals surface area contributed by atoms with Gasteiger partial charge < -0.3 is 10.1 Å². The van der Waals surface area contributed by atoms with Gasteiger partial charge in [-0.1, -0.05) is 12.8 Å². The van der Waals surface area contributed by atoms with Crippen molar-refractivity contribution in [3.05, 3.63) is 0 Å². The highest BCUT2D eigenvalue weighted by Crippen LogP contribution is 2.29. The van der Waals surface area contributed by atoms with E-state index < -0.39 is 6.61 Å². The van der Waals surface area contributed by atoms with Gasteiger partial charge in [-0.2, -0.15) is 8.78 Å². The lowest BCUT2D eigenvalue weighted by Gasteiger charge is -2.28. The molecule has 14 heavy (non-hydrogen) atoms. The van der Waals surface area contributed by atoms with E-state index in [1.807, 2.05) is 7.05 Å². The van der Waals surface area contributed by atoms with Gasteiger partial charge in [0.15, 0.2) is 0 Å². The van der Waals surface area contributed by atoms with Crippen molar-refractivity contribution in [2.45, 2.75) is 44.8 Å². The predicted molar refractivity (Wildman–Crippen MR) is 51.4 cm³/mol. The first-order chi connectivity index (χ1) is 6.72. The van der Waals surface area contributed by atoms with Gasteiger partial charge in [-0.3, -0.25) is 0 Å². The number of hydrogen-bond donors (Lipinski definition) is 1. The Hall–Kier alpha value is -0.220. The van der Waals surface area contributed by atoms with Crippen LogP contribution < -0.4 is 5.32 Å². The van der Waals surface area contributed by atoms with Crippen LogP contribution in [0.15, 0.2) is 0 Å². The zero-order valence-corrected chi connectivity index (χ0v) is 8.64. The largest absolute Gasteiger partial charge is 0.345 e. The number of nitrogens with one attached hydrogen (secondary N) is 1. The van der Waals surface area contributed by atoms with Crippen molar-refractivity contribution in [2.75, 3.05) is 13.6 Å².